The maximum atomic E-state index is 14.0. The van der Waals surface area contributed by atoms with Crippen molar-refractivity contribution in [3.63, 3.8) is 0 Å². The molecule has 0 aromatic carbocycles. The molecule has 0 aromatic rings. The van der Waals surface area contributed by atoms with E-state index in [9.17, 15) is 18.9 Å². The summed E-state index contributed by atoms with van der Waals surface area (Å²) < 4.78 is 43.7. The molecule has 3 heterocycles. The van der Waals surface area contributed by atoms with Crippen LogP contribution in [0.4, 0.5) is 4.79 Å². The van der Waals surface area contributed by atoms with Crippen LogP contribution in [0.1, 0.15) is 87.0 Å². The number of nitrogens with zero attached hydrogens (tertiary/aromatic N) is 5. The SMILES string of the molecule is CC[C@H]1OC(=O)[C@H](C)C(=O)C[C@@H](O[C@@H]2OC(C)CC(N(C)C)C2P=O)[C@](C)(OC)C[C@@H](C)CN[C@H](C)[C@H]2N(CCCCN=[N+]=[N-])C(=O)O[C@]12C. The number of fused-ring (bicyclic) bond motifs is 1. The Kier molecular flexibility index (Phi) is 15.5. The standard InChI is InChI=1S/C34H59N6O9P/c1-11-26-34(7)29(40(32(43)49-34)15-13-12-14-37-38-35)23(5)36-19-20(2)18-33(6,45-10)27(17-25(41)22(4)30(42)47-26)48-31-28(50-44)24(39(8)9)16-21(3)46-31/h20-24,26-29,31,36H,11-19H2,1-10H3/t20-,21?,22-,23-,24?,26-,27-,28?,29-,31+,33-,34-/m1/s1. The minimum Gasteiger partial charge on any atom is -0.458 e. The van der Waals surface area contributed by atoms with Gasteiger partial charge < -0.3 is 33.9 Å². The Morgan fingerprint density at radius 2 is 1.86 bits per heavy atom. The predicted molar refractivity (Wildman–Crippen MR) is 187 cm³/mol. The Hall–Kier alpha value is -2.38. The van der Waals surface area contributed by atoms with Crippen LogP contribution in [0.3, 0.4) is 0 Å². The van der Waals surface area contributed by atoms with Crippen LogP contribution in [-0.2, 0) is 37.8 Å². The summed E-state index contributed by atoms with van der Waals surface area (Å²) in [4.78, 5) is 47.6. The molecule has 284 valence electrons. The van der Waals surface area contributed by atoms with Gasteiger partial charge in [-0.3, -0.25) is 19.1 Å². The molecule has 12 atom stereocenters. The number of amides is 1. The van der Waals surface area contributed by atoms with Crippen molar-refractivity contribution in [1.82, 2.24) is 15.1 Å². The lowest BCUT2D eigenvalue weighted by Gasteiger charge is -2.45. The third kappa shape index (κ3) is 9.73. The Morgan fingerprint density at radius 1 is 1.16 bits per heavy atom. The van der Waals surface area contributed by atoms with Crippen LogP contribution in [0.25, 0.3) is 10.4 Å². The van der Waals surface area contributed by atoms with Crippen LogP contribution < -0.4 is 5.32 Å². The Morgan fingerprint density at radius 3 is 2.46 bits per heavy atom. The molecule has 1 N–H and O–H groups in total. The second kappa shape index (κ2) is 18.4. The number of hydrogen-bond donors (Lipinski definition) is 1. The van der Waals surface area contributed by atoms with Crippen molar-refractivity contribution in [1.29, 1.82) is 0 Å². The van der Waals surface area contributed by atoms with E-state index in [-0.39, 0.29) is 39.0 Å². The molecular weight excluding hydrogens is 667 g/mol. The predicted octanol–water partition coefficient (Wildman–Crippen LogP) is 5.11. The molecule has 3 fully saturated rings. The van der Waals surface area contributed by atoms with Crippen LogP contribution in [-0.4, -0.2) is 128 Å². The summed E-state index contributed by atoms with van der Waals surface area (Å²) in [5.74, 6) is -2.28. The van der Waals surface area contributed by atoms with E-state index in [4.69, 9.17) is 29.2 Å². The highest BCUT2D eigenvalue weighted by molar-refractivity contribution is 7.24. The monoisotopic (exact) mass is 726 g/mol. The molecule has 0 saturated carbocycles. The average Bonchev–Trinajstić information content (AvgIpc) is 3.33. The van der Waals surface area contributed by atoms with Crippen LogP contribution in [0.2, 0.25) is 0 Å². The summed E-state index contributed by atoms with van der Waals surface area (Å²) in [5.41, 5.74) is 5.91. The van der Waals surface area contributed by atoms with Crippen molar-refractivity contribution in [2.75, 3.05) is 40.8 Å². The number of Topliss-reactive ketones (excluding diaryl/α,β-unsaturated/α-hetero) is 1. The normalized spacial score (nSPS) is 39.3. The number of rotatable bonds is 11. The highest BCUT2D eigenvalue weighted by Gasteiger charge is 2.58. The number of azide groups is 1. The van der Waals surface area contributed by atoms with Gasteiger partial charge in [-0.2, -0.15) is 0 Å². The zero-order valence-electron chi connectivity index (χ0n) is 31.5. The van der Waals surface area contributed by atoms with Crippen molar-refractivity contribution >= 4 is 26.3 Å². The van der Waals surface area contributed by atoms with Gasteiger partial charge >= 0.3 is 12.1 Å². The molecule has 0 radical (unpaired) electrons. The first-order valence-corrected chi connectivity index (χ1v) is 18.8. The summed E-state index contributed by atoms with van der Waals surface area (Å²) in [5, 5.41) is 7.21. The molecule has 3 unspecified atom stereocenters. The zero-order chi connectivity index (χ0) is 37.4. The number of cyclic esters (lactones) is 1. The number of nitrogens with one attached hydrogen (secondary N) is 1. The minimum atomic E-state index is -1.22. The zero-order valence-corrected chi connectivity index (χ0v) is 32.4. The van der Waals surface area contributed by atoms with Gasteiger partial charge in [0.15, 0.2) is 20.4 Å². The lowest BCUT2D eigenvalue weighted by molar-refractivity contribution is -0.252. The number of carbonyl (C=O) groups excluding carboxylic acids is 3. The topological polar surface area (TPSA) is 182 Å². The summed E-state index contributed by atoms with van der Waals surface area (Å²) >= 11 is 0. The number of unbranched alkanes of at least 4 members (excludes halogenated alkanes) is 1. The molecule has 3 aliphatic heterocycles. The van der Waals surface area contributed by atoms with Gasteiger partial charge in [-0.05, 0) is 98.8 Å². The van der Waals surface area contributed by atoms with Crippen LogP contribution >= 0.6 is 8.46 Å². The number of methoxy groups -OCH3 is 1. The molecule has 1 amide bonds. The summed E-state index contributed by atoms with van der Waals surface area (Å²) in [7, 11) is 5.30. The lowest BCUT2D eigenvalue weighted by Crippen LogP contribution is -2.61. The quantitative estimate of drug-likeness (QED) is 0.0569. The Bertz CT molecular complexity index is 1240. The fraction of sp³-hybridized carbons (Fsp3) is 0.912. The molecular formula is C34H59N6O9P. The van der Waals surface area contributed by atoms with E-state index in [1.54, 1.807) is 18.9 Å². The van der Waals surface area contributed by atoms with Gasteiger partial charge in [0, 0.05) is 43.6 Å². The fourth-order valence-corrected chi connectivity index (χ4v) is 8.55. The van der Waals surface area contributed by atoms with E-state index >= 15 is 0 Å². The van der Waals surface area contributed by atoms with Crippen LogP contribution in [0, 0.1) is 11.8 Å². The number of esters is 1. The molecule has 16 heteroatoms. The van der Waals surface area contributed by atoms with Crippen molar-refractivity contribution in [3.8, 4) is 0 Å². The van der Waals surface area contributed by atoms with E-state index in [1.807, 2.05) is 46.7 Å². The largest absolute Gasteiger partial charge is 0.458 e. The van der Waals surface area contributed by atoms with Gasteiger partial charge in [-0.15, -0.1) is 0 Å². The first kappa shape index (κ1) is 42.0. The fourth-order valence-electron chi connectivity index (χ4n) is 7.78. The summed E-state index contributed by atoms with van der Waals surface area (Å²) in [6, 6.07) is -0.890. The maximum absolute atomic E-state index is 14.0. The van der Waals surface area contributed by atoms with E-state index in [0.29, 0.717) is 51.7 Å². The third-order valence-electron chi connectivity index (χ3n) is 10.8. The molecule has 15 nitrogen and oxygen atoms in total. The summed E-state index contributed by atoms with van der Waals surface area (Å²) in [6.07, 6.45) is -0.767. The number of ether oxygens (including phenoxy) is 5. The highest BCUT2D eigenvalue weighted by Crippen LogP contribution is 2.40. The van der Waals surface area contributed by atoms with Gasteiger partial charge in [0.25, 0.3) is 0 Å². The Balaban J connectivity index is 1.99. The molecule has 3 rings (SSSR count). The summed E-state index contributed by atoms with van der Waals surface area (Å²) in [6.45, 7) is 14.2. The van der Waals surface area contributed by atoms with Crippen molar-refractivity contribution < 1.29 is 42.6 Å². The Labute approximate surface area is 298 Å². The molecule has 0 bridgehead atoms. The van der Waals surface area contributed by atoms with Crippen LogP contribution in [0.15, 0.2) is 5.11 Å². The van der Waals surface area contributed by atoms with Crippen molar-refractivity contribution in [2.45, 2.75) is 147 Å². The van der Waals surface area contributed by atoms with E-state index in [2.05, 4.69) is 22.3 Å². The second-order valence-electron chi connectivity index (χ2n) is 14.9. The van der Waals surface area contributed by atoms with Gasteiger partial charge in [0.1, 0.15) is 23.5 Å². The van der Waals surface area contributed by atoms with Crippen LogP contribution in [0.5, 0.6) is 0 Å². The third-order valence-corrected chi connectivity index (χ3v) is 11.6. The molecule has 0 aromatic heterocycles. The van der Waals surface area contributed by atoms with Crippen molar-refractivity contribution in [2.24, 2.45) is 17.0 Å². The van der Waals surface area contributed by atoms with E-state index in [1.165, 1.54) is 6.92 Å². The van der Waals surface area contributed by atoms with E-state index < -0.39 is 65.2 Å². The minimum absolute atomic E-state index is 0.00160. The molecule has 0 aliphatic carbocycles. The van der Waals surface area contributed by atoms with Gasteiger partial charge in [0.05, 0.1) is 23.9 Å². The highest BCUT2D eigenvalue weighted by atomic mass is 31.1. The lowest BCUT2D eigenvalue weighted by atomic mass is 9.83. The number of hydrogen-bond acceptors (Lipinski definition) is 12. The molecule has 3 aliphatic rings. The second-order valence-corrected chi connectivity index (χ2v) is 15.7. The van der Waals surface area contributed by atoms with Crippen molar-refractivity contribution in [3.05, 3.63) is 10.4 Å². The molecule has 3 saturated heterocycles. The first-order chi connectivity index (χ1) is 23.6. The molecule has 50 heavy (non-hydrogen) atoms. The molecule has 0 spiro atoms. The number of carbonyl (C=O) groups is 3. The van der Waals surface area contributed by atoms with Gasteiger partial charge in [-0.1, -0.05) is 19.0 Å². The smallest absolute Gasteiger partial charge is 0.410 e. The maximum Gasteiger partial charge on any atom is 0.410 e. The van der Waals surface area contributed by atoms with Gasteiger partial charge in [-0.25, -0.2) is 4.79 Å². The average molecular weight is 727 g/mol. The number of ketones is 1. The van der Waals surface area contributed by atoms with E-state index in [0.717, 1.165) is 0 Å². The first-order valence-electron chi connectivity index (χ1n) is 17.9. The van der Waals surface area contributed by atoms with Gasteiger partial charge in [0.2, 0.25) is 0 Å².